The number of nitrogens with two attached hydrogens (primary N) is 2. The molecule has 10 heteroatoms. The first-order valence-electron chi connectivity index (χ1n) is 13.9. The van der Waals surface area contributed by atoms with E-state index in [2.05, 4.69) is 42.6 Å². The quantitative estimate of drug-likeness (QED) is 0.0587. The van der Waals surface area contributed by atoms with Crippen LogP contribution in [-0.2, 0) is 4.74 Å². The molecule has 3 aromatic heterocycles. The molecule has 44 heavy (non-hydrogen) atoms. The van der Waals surface area contributed by atoms with E-state index in [-0.39, 0.29) is 23.4 Å². The lowest BCUT2D eigenvalue weighted by atomic mass is 10.1. The minimum absolute atomic E-state index is 0.173. The zero-order valence-corrected chi connectivity index (χ0v) is 24.1. The monoisotopic (exact) mass is 582 g/mol. The van der Waals surface area contributed by atoms with Gasteiger partial charge in [0.2, 0.25) is 11.8 Å². The lowest BCUT2D eigenvalue weighted by molar-refractivity contribution is 0.502. The summed E-state index contributed by atoms with van der Waals surface area (Å²) in [6.45, 7) is 6.11. The van der Waals surface area contributed by atoms with Crippen molar-refractivity contribution in [3.05, 3.63) is 144 Å². The van der Waals surface area contributed by atoms with Gasteiger partial charge in [0.25, 0.3) is 5.89 Å². The van der Waals surface area contributed by atoms with Crippen molar-refractivity contribution in [2.75, 3.05) is 0 Å². The van der Waals surface area contributed by atoms with E-state index in [4.69, 9.17) is 20.7 Å². The largest absolute Gasteiger partial charge is 0.436 e. The molecular formula is C34H30N8O2. The molecule has 1 aliphatic heterocycles. The number of hydrazone groups is 1. The Labute approximate surface area is 255 Å². The molecule has 4 heterocycles. The molecule has 0 amide bonds. The first-order valence-corrected chi connectivity index (χ1v) is 13.9. The summed E-state index contributed by atoms with van der Waals surface area (Å²) in [5, 5.41) is 12.4. The van der Waals surface area contributed by atoms with Crippen molar-refractivity contribution in [1.29, 1.82) is 0 Å². The van der Waals surface area contributed by atoms with E-state index in [9.17, 15) is 0 Å². The SMILES string of the molecule is C=C(O/C(=N\N)C1=CC(c2nnc(C3=C=CC=CC(/C(N)=C/C=C\CC)=N3)o2)=CC=CC1)c1cccc(-c2ccccn2)n1. The number of rotatable bonds is 9. The van der Waals surface area contributed by atoms with E-state index in [1.54, 1.807) is 36.6 Å². The van der Waals surface area contributed by atoms with Gasteiger partial charge in [-0.05, 0) is 67.5 Å². The summed E-state index contributed by atoms with van der Waals surface area (Å²) in [7, 11) is 0. The Hall–Kier alpha value is -6.12. The van der Waals surface area contributed by atoms with Crippen molar-refractivity contribution in [2.45, 2.75) is 19.8 Å². The average molecular weight is 583 g/mol. The maximum absolute atomic E-state index is 6.24. The summed E-state index contributed by atoms with van der Waals surface area (Å²) in [4.78, 5) is 13.6. The zero-order chi connectivity index (χ0) is 30.7. The molecule has 2 aliphatic rings. The number of hydrogen-bond donors (Lipinski definition) is 2. The van der Waals surface area contributed by atoms with Gasteiger partial charge in [-0.25, -0.2) is 9.98 Å². The molecule has 10 nitrogen and oxygen atoms in total. The number of nitrogens with zero attached hydrogens (tertiary/aromatic N) is 6. The summed E-state index contributed by atoms with van der Waals surface area (Å²) >= 11 is 0. The van der Waals surface area contributed by atoms with Crippen LogP contribution in [0, 0.1) is 0 Å². The lowest BCUT2D eigenvalue weighted by Crippen LogP contribution is -2.11. The van der Waals surface area contributed by atoms with Gasteiger partial charge in [-0.1, -0.05) is 61.7 Å². The zero-order valence-electron chi connectivity index (χ0n) is 24.1. The third-order valence-corrected chi connectivity index (χ3v) is 6.27. The average Bonchev–Trinajstić information content (AvgIpc) is 3.25. The van der Waals surface area contributed by atoms with Gasteiger partial charge < -0.3 is 20.7 Å². The highest BCUT2D eigenvalue weighted by molar-refractivity contribution is 6.10. The van der Waals surface area contributed by atoms with Crippen molar-refractivity contribution < 1.29 is 9.15 Å². The second kappa shape index (κ2) is 14.2. The molecule has 0 fully saturated rings. The molecule has 0 radical (unpaired) electrons. The molecule has 4 N–H and O–H groups in total. The van der Waals surface area contributed by atoms with Crippen LogP contribution in [0.1, 0.15) is 37.2 Å². The molecule has 3 aromatic rings. The molecule has 0 atom stereocenters. The van der Waals surface area contributed by atoms with Gasteiger partial charge in [0, 0.05) is 17.3 Å². The Morgan fingerprint density at radius 2 is 2.00 bits per heavy atom. The van der Waals surface area contributed by atoms with Gasteiger partial charge in [-0.2, -0.15) is 0 Å². The number of allylic oxidation sites excluding steroid dienone is 11. The highest BCUT2D eigenvalue weighted by Crippen LogP contribution is 2.26. The molecule has 0 aromatic carbocycles. The molecular weight excluding hydrogens is 552 g/mol. The lowest BCUT2D eigenvalue weighted by Gasteiger charge is -2.13. The summed E-state index contributed by atoms with van der Waals surface area (Å²) in [5.74, 6) is 6.68. The topological polar surface area (TPSA) is 151 Å². The smallest absolute Gasteiger partial charge is 0.274 e. The first kappa shape index (κ1) is 29.4. The van der Waals surface area contributed by atoms with Gasteiger partial charge in [-0.15, -0.1) is 15.3 Å². The number of aromatic nitrogens is 4. The maximum atomic E-state index is 6.24. The molecule has 0 unspecified atom stereocenters. The van der Waals surface area contributed by atoms with Gasteiger partial charge in [0.05, 0.1) is 22.8 Å². The third kappa shape index (κ3) is 7.20. The first-order chi connectivity index (χ1) is 21.6. The Bertz CT molecular complexity index is 1860. The third-order valence-electron chi connectivity index (χ3n) is 6.27. The highest BCUT2D eigenvalue weighted by atomic mass is 16.5. The van der Waals surface area contributed by atoms with E-state index in [1.807, 2.05) is 73.7 Å². The minimum atomic E-state index is 0.173. The van der Waals surface area contributed by atoms with Crippen molar-refractivity contribution >= 4 is 28.6 Å². The van der Waals surface area contributed by atoms with Crippen LogP contribution < -0.4 is 11.6 Å². The predicted octanol–water partition coefficient (Wildman–Crippen LogP) is 6.07. The fraction of sp³-hybridized carbons (Fsp3) is 0.0882. The minimum Gasteiger partial charge on any atom is -0.436 e. The van der Waals surface area contributed by atoms with E-state index < -0.39 is 0 Å². The van der Waals surface area contributed by atoms with E-state index in [1.165, 1.54) is 0 Å². The number of hydrogen-bond acceptors (Lipinski definition) is 10. The standard InChI is InChI=1S/C34H30N8O2/c1-3-4-5-15-26(35)28-16-8-9-18-31(39-28)34-42-41-33(44-34)25-14-7-6-13-24(22-25)32(40-36)43-23(2)27-19-12-20-30(38-27)29-17-10-11-21-37-29/h4-12,14-17,19-22H,2-3,13,35-36H2,1H3/b5-4-,26-15-,40-32-. The molecule has 0 bridgehead atoms. The summed E-state index contributed by atoms with van der Waals surface area (Å²) in [5.41, 5.74) is 14.0. The van der Waals surface area contributed by atoms with Gasteiger partial charge >= 0.3 is 0 Å². The van der Waals surface area contributed by atoms with Crippen LogP contribution in [0.2, 0.25) is 0 Å². The summed E-state index contributed by atoms with van der Waals surface area (Å²) in [6.07, 6.45) is 21.6. The number of ether oxygens (including phenoxy) is 1. The van der Waals surface area contributed by atoms with Crippen LogP contribution >= 0.6 is 0 Å². The Morgan fingerprint density at radius 3 is 2.82 bits per heavy atom. The normalized spacial score (nSPS) is 15.3. The van der Waals surface area contributed by atoms with E-state index >= 15 is 0 Å². The summed E-state index contributed by atoms with van der Waals surface area (Å²) < 4.78 is 12.1. The maximum Gasteiger partial charge on any atom is 0.274 e. The van der Waals surface area contributed by atoms with Crippen molar-refractivity contribution in [1.82, 2.24) is 20.2 Å². The van der Waals surface area contributed by atoms with E-state index in [0.717, 1.165) is 12.1 Å². The molecule has 0 spiro atoms. The van der Waals surface area contributed by atoms with Gasteiger partial charge in [0.15, 0.2) is 5.70 Å². The van der Waals surface area contributed by atoms with Gasteiger partial charge in [0.1, 0.15) is 11.5 Å². The van der Waals surface area contributed by atoms with E-state index in [0.29, 0.717) is 46.1 Å². The van der Waals surface area contributed by atoms with Gasteiger partial charge in [-0.3, -0.25) is 4.98 Å². The molecule has 5 rings (SSSR count). The van der Waals surface area contributed by atoms with Crippen molar-refractivity contribution in [3.63, 3.8) is 0 Å². The van der Waals surface area contributed by atoms with Crippen molar-refractivity contribution in [2.24, 2.45) is 21.7 Å². The number of pyridine rings is 2. The van der Waals surface area contributed by atoms with Crippen LogP contribution in [0.4, 0.5) is 0 Å². The predicted molar refractivity (Wildman–Crippen MR) is 173 cm³/mol. The van der Waals surface area contributed by atoms with Crippen LogP contribution in [0.5, 0.6) is 0 Å². The fourth-order valence-electron chi connectivity index (χ4n) is 4.09. The second-order valence-corrected chi connectivity index (χ2v) is 9.39. The van der Waals surface area contributed by atoms with Crippen LogP contribution in [-0.4, -0.2) is 31.8 Å². The van der Waals surface area contributed by atoms with Crippen molar-refractivity contribution in [3.8, 4) is 11.4 Å². The Kier molecular flexibility index (Phi) is 9.46. The summed E-state index contributed by atoms with van der Waals surface area (Å²) in [6, 6.07) is 11.1. The number of aliphatic imine (C=N–C) groups is 1. The van der Waals surface area contributed by atoms with Crippen LogP contribution in [0.25, 0.3) is 28.4 Å². The molecule has 0 saturated carbocycles. The molecule has 218 valence electrons. The molecule has 1 aliphatic carbocycles. The fourth-order valence-corrected chi connectivity index (χ4v) is 4.09. The Balaban J connectivity index is 1.36. The molecule has 0 saturated heterocycles. The van der Waals surface area contributed by atoms with Crippen LogP contribution in [0.15, 0.2) is 141 Å². The Morgan fingerprint density at radius 1 is 1.14 bits per heavy atom. The second-order valence-electron chi connectivity index (χ2n) is 9.39. The van der Waals surface area contributed by atoms with Crippen LogP contribution in [0.3, 0.4) is 0 Å². The highest BCUT2D eigenvalue weighted by Gasteiger charge is 2.19.